The zero-order valence-corrected chi connectivity index (χ0v) is 10.5. The number of thioether (sulfide) groups is 1. The Labute approximate surface area is 100 Å². The SMILES string of the molecule is CSC1(CNCc2cnn(CCO)c2)CC1. The van der Waals surface area contributed by atoms with E-state index in [2.05, 4.69) is 16.7 Å². The topological polar surface area (TPSA) is 50.1 Å². The molecule has 0 bridgehead atoms. The van der Waals surface area contributed by atoms with Gasteiger partial charge in [-0.05, 0) is 19.1 Å². The van der Waals surface area contributed by atoms with Crippen molar-refractivity contribution in [2.45, 2.75) is 30.7 Å². The number of aliphatic hydroxyl groups is 1. The predicted octanol–water partition coefficient (Wildman–Crippen LogP) is 0.861. The van der Waals surface area contributed by atoms with Crippen molar-refractivity contribution in [2.24, 2.45) is 0 Å². The van der Waals surface area contributed by atoms with Crippen molar-refractivity contribution in [3.8, 4) is 0 Å². The van der Waals surface area contributed by atoms with Gasteiger partial charge in [0, 0.05) is 29.6 Å². The summed E-state index contributed by atoms with van der Waals surface area (Å²) in [6.07, 6.45) is 8.72. The van der Waals surface area contributed by atoms with Gasteiger partial charge in [0.1, 0.15) is 0 Å². The maximum atomic E-state index is 8.77. The van der Waals surface area contributed by atoms with Crippen LogP contribution in [0.2, 0.25) is 0 Å². The van der Waals surface area contributed by atoms with E-state index in [1.807, 2.05) is 24.2 Å². The first kappa shape index (κ1) is 12.0. The van der Waals surface area contributed by atoms with Gasteiger partial charge < -0.3 is 10.4 Å². The molecule has 5 heteroatoms. The van der Waals surface area contributed by atoms with E-state index in [4.69, 9.17) is 5.11 Å². The van der Waals surface area contributed by atoms with E-state index in [-0.39, 0.29) is 6.61 Å². The molecule has 1 aliphatic carbocycles. The van der Waals surface area contributed by atoms with Crippen LogP contribution in [-0.4, -0.2) is 39.0 Å². The van der Waals surface area contributed by atoms with Gasteiger partial charge in [-0.15, -0.1) is 0 Å². The van der Waals surface area contributed by atoms with Crippen molar-refractivity contribution in [3.05, 3.63) is 18.0 Å². The number of rotatable bonds is 7. The summed E-state index contributed by atoms with van der Waals surface area (Å²) in [7, 11) is 0. The highest BCUT2D eigenvalue weighted by Gasteiger charge is 2.41. The molecule has 1 aliphatic rings. The smallest absolute Gasteiger partial charge is 0.0640 e. The molecule has 1 aromatic heterocycles. The molecule has 90 valence electrons. The van der Waals surface area contributed by atoms with Gasteiger partial charge in [0.2, 0.25) is 0 Å². The van der Waals surface area contributed by atoms with Crippen molar-refractivity contribution in [3.63, 3.8) is 0 Å². The highest BCUT2D eigenvalue weighted by molar-refractivity contribution is 8.00. The third-order valence-corrected chi connectivity index (χ3v) is 4.45. The van der Waals surface area contributed by atoms with Crippen molar-refractivity contribution in [2.75, 3.05) is 19.4 Å². The number of aromatic nitrogens is 2. The Balaban J connectivity index is 1.72. The first-order chi connectivity index (χ1) is 7.78. The molecule has 0 aromatic carbocycles. The summed E-state index contributed by atoms with van der Waals surface area (Å²) >= 11 is 1.97. The third-order valence-electron chi connectivity index (χ3n) is 3.03. The number of hydrogen-bond donors (Lipinski definition) is 2. The Bertz CT molecular complexity index is 336. The van der Waals surface area contributed by atoms with Crippen LogP contribution in [0.1, 0.15) is 18.4 Å². The Morgan fingerprint density at radius 1 is 1.62 bits per heavy atom. The Morgan fingerprint density at radius 3 is 3.06 bits per heavy atom. The zero-order valence-electron chi connectivity index (χ0n) is 9.65. The molecule has 0 amide bonds. The van der Waals surface area contributed by atoms with Gasteiger partial charge in [-0.2, -0.15) is 16.9 Å². The fourth-order valence-corrected chi connectivity index (χ4v) is 2.51. The molecule has 0 radical (unpaired) electrons. The fraction of sp³-hybridized carbons (Fsp3) is 0.727. The van der Waals surface area contributed by atoms with E-state index in [0.29, 0.717) is 11.3 Å². The summed E-state index contributed by atoms with van der Waals surface area (Å²) in [5.41, 5.74) is 1.19. The van der Waals surface area contributed by atoms with Crippen molar-refractivity contribution in [1.82, 2.24) is 15.1 Å². The maximum Gasteiger partial charge on any atom is 0.0640 e. The molecule has 1 aromatic rings. The number of nitrogens with zero attached hydrogens (tertiary/aromatic N) is 2. The van der Waals surface area contributed by atoms with Crippen LogP contribution in [-0.2, 0) is 13.1 Å². The second-order valence-electron chi connectivity index (χ2n) is 4.33. The maximum absolute atomic E-state index is 8.77. The largest absolute Gasteiger partial charge is 0.394 e. The normalized spacial score (nSPS) is 17.6. The first-order valence-electron chi connectivity index (χ1n) is 5.66. The lowest BCUT2D eigenvalue weighted by molar-refractivity contribution is 0.269. The Morgan fingerprint density at radius 2 is 2.44 bits per heavy atom. The molecule has 0 atom stereocenters. The zero-order chi connectivity index (χ0) is 11.4. The second-order valence-corrected chi connectivity index (χ2v) is 5.60. The highest BCUT2D eigenvalue weighted by Crippen LogP contribution is 2.46. The molecule has 16 heavy (non-hydrogen) atoms. The number of aliphatic hydroxyl groups excluding tert-OH is 1. The molecule has 0 spiro atoms. The van der Waals surface area contributed by atoms with Gasteiger partial charge in [0.05, 0.1) is 19.3 Å². The summed E-state index contributed by atoms with van der Waals surface area (Å²) in [6.45, 7) is 2.67. The fourth-order valence-electron chi connectivity index (χ4n) is 1.75. The van der Waals surface area contributed by atoms with E-state index in [0.717, 1.165) is 13.1 Å². The monoisotopic (exact) mass is 241 g/mol. The predicted molar refractivity (Wildman–Crippen MR) is 66.5 cm³/mol. The van der Waals surface area contributed by atoms with E-state index < -0.39 is 0 Å². The number of hydrogen-bond acceptors (Lipinski definition) is 4. The van der Waals surface area contributed by atoms with Crippen LogP contribution in [0.3, 0.4) is 0 Å². The molecule has 0 unspecified atom stereocenters. The van der Waals surface area contributed by atoms with Crippen LogP contribution in [0, 0.1) is 0 Å². The molecule has 1 saturated carbocycles. The van der Waals surface area contributed by atoms with Gasteiger partial charge in [-0.3, -0.25) is 4.68 Å². The molecular formula is C11H19N3OS. The Hall–Kier alpha value is -0.520. The van der Waals surface area contributed by atoms with Gasteiger partial charge in [-0.25, -0.2) is 0 Å². The summed E-state index contributed by atoms with van der Waals surface area (Å²) in [5, 5.41) is 16.4. The van der Waals surface area contributed by atoms with Crippen molar-refractivity contribution in [1.29, 1.82) is 0 Å². The molecule has 0 aliphatic heterocycles. The van der Waals surface area contributed by atoms with Gasteiger partial charge >= 0.3 is 0 Å². The summed E-state index contributed by atoms with van der Waals surface area (Å²) in [6, 6.07) is 0. The first-order valence-corrected chi connectivity index (χ1v) is 6.88. The summed E-state index contributed by atoms with van der Waals surface area (Å²) in [5.74, 6) is 0. The molecule has 2 N–H and O–H groups in total. The van der Waals surface area contributed by atoms with Gasteiger partial charge in [0.25, 0.3) is 0 Å². The van der Waals surface area contributed by atoms with Crippen LogP contribution in [0.25, 0.3) is 0 Å². The van der Waals surface area contributed by atoms with Crippen LogP contribution in [0.5, 0.6) is 0 Å². The molecule has 0 saturated heterocycles. The minimum absolute atomic E-state index is 0.143. The minimum atomic E-state index is 0.143. The Kier molecular flexibility index (Phi) is 3.89. The standard InChI is InChI=1S/C11H19N3OS/c1-16-11(2-3-11)9-12-6-10-7-13-14(8-10)4-5-15/h7-8,12,15H,2-6,9H2,1H3. The average Bonchev–Trinajstić information content (AvgIpc) is 2.94. The van der Waals surface area contributed by atoms with Gasteiger partial charge in [-0.1, -0.05) is 0 Å². The van der Waals surface area contributed by atoms with Crippen molar-refractivity contribution < 1.29 is 5.11 Å². The average molecular weight is 241 g/mol. The molecule has 1 heterocycles. The molecule has 4 nitrogen and oxygen atoms in total. The van der Waals surface area contributed by atoms with Crippen molar-refractivity contribution >= 4 is 11.8 Å². The van der Waals surface area contributed by atoms with Crippen LogP contribution in [0.15, 0.2) is 12.4 Å². The molecule has 1 fully saturated rings. The molecular weight excluding hydrogens is 222 g/mol. The summed E-state index contributed by atoms with van der Waals surface area (Å²) < 4.78 is 2.29. The van der Waals surface area contributed by atoms with Crippen LogP contribution < -0.4 is 5.32 Å². The van der Waals surface area contributed by atoms with E-state index in [1.165, 1.54) is 18.4 Å². The van der Waals surface area contributed by atoms with Gasteiger partial charge in [0.15, 0.2) is 0 Å². The van der Waals surface area contributed by atoms with E-state index in [9.17, 15) is 0 Å². The highest BCUT2D eigenvalue weighted by atomic mass is 32.2. The van der Waals surface area contributed by atoms with E-state index >= 15 is 0 Å². The minimum Gasteiger partial charge on any atom is -0.394 e. The number of nitrogens with one attached hydrogen (secondary N) is 1. The lowest BCUT2D eigenvalue weighted by Gasteiger charge is -2.12. The van der Waals surface area contributed by atoms with E-state index in [1.54, 1.807) is 4.68 Å². The van der Waals surface area contributed by atoms with Crippen LogP contribution >= 0.6 is 11.8 Å². The second kappa shape index (κ2) is 5.21. The summed E-state index contributed by atoms with van der Waals surface area (Å²) in [4.78, 5) is 0. The molecule has 2 rings (SSSR count). The third kappa shape index (κ3) is 2.99. The lowest BCUT2D eigenvalue weighted by atomic mass is 10.3. The quantitative estimate of drug-likeness (QED) is 0.743. The van der Waals surface area contributed by atoms with Crippen LogP contribution in [0.4, 0.5) is 0 Å². The lowest BCUT2D eigenvalue weighted by Crippen LogP contribution is -2.25.